The molecule has 3 aliphatic rings. The van der Waals surface area contributed by atoms with Crippen molar-refractivity contribution in [3.05, 3.63) is 29.8 Å². The van der Waals surface area contributed by atoms with E-state index in [0.29, 0.717) is 11.3 Å². The van der Waals surface area contributed by atoms with Crippen LogP contribution in [0.4, 0.5) is 0 Å². The summed E-state index contributed by atoms with van der Waals surface area (Å²) in [5.74, 6) is -0.201. The third kappa shape index (κ3) is 3.36. The van der Waals surface area contributed by atoms with E-state index < -0.39 is 16.3 Å². The first-order valence-corrected chi connectivity index (χ1v) is 11.6. The molecular formula is C21H29NO4S. The van der Waals surface area contributed by atoms with E-state index in [2.05, 4.69) is 0 Å². The average Bonchev–Trinajstić information content (AvgIpc) is 3.04. The second-order valence-corrected chi connectivity index (χ2v) is 10.2. The Bertz CT molecular complexity index is 804. The van der Waals surface area contributed by atoms with Gasteiger partial charge in [-0.2, -0.15) is 4.31 Å². The quantitative estimate of drug-likeness (QED) is 0.789. The van der Waals surface area contributed by atoms with Gasteiger partial charge in [-0.25, -0.2) is 8.42 Å². The Balaban J connectivity index is 1.73. The van der Waals surface area contributed by atoms with Crippen LogP contribution in [0, 0.1) is 18.8 Å². The predicted octanol–water partition coefficient (Wildman–Crippen LogP) is 3.66. The highest BCUT2D eigenvalue weighted by Gasteiger charge is 2.53. The molecule has 5 nitrogen and oxygen atoms in total. The van der Waals surface area contributed by atoms with Crippen LogP contribution in [0.15, 0.2) is 29.2 Å². The minimum atomic E-state index is -3.71. The van der Waals surface area contributed by atoms with Gasteiger partial charge in [0, 0.05) is 5.92 Å². The Hall–Kier alpha value is -1.24. The van der Waals surface area contributed by atoms with Crippen LogP contribution in [0.2, 0.25) is 0 Å². The topological polar surface area (TPSA) is 63.7 Å². The SMILES string of the molecule is Cc1ccc(S(=O)(=O)N2[C@H](C3CCCC(C)C3=O)O[C@H]3CCCC[C@@H]32)cc1. The zero-order valence-corrected chi connectivity index (χ0v) is 17.0. The molecule has 5 atom stereocenters. The van der Waals surface area contributed by atoms with Gasteiger partial charge in [-0.05, 0) is 44.7 Å². The molecule has 2 aliphatic carbocycles. The van der Waals surface area contributed by atoms with Crippen molar-refractivity contribution in [3.63, 3.8) is 0 Å². The largest absolute Gasteiger partial charge is 0.356 e. The Morgan fingerprint density at radius 3 is 2.44 bits per heavy atom. The first-order valence-electron chi connectivity index (χ1n) is 10.2. The summed E-state index contributed by atoms with van der Waals surface area (Å²) in [5, 5.41) is 0. The summed E-state index contributed by atoms with van der Waals surface area (Å²) >= 11 is 0. The van der Waals surface area contributed by atoms with E-state index in [1.54, 1.807) is 16.4 Å². The second kappa shape index (κ2) is 7.30. The molecule has 3 fully saturated rings. The maximum Gasteiger partial charge on any atom is 0.245 e. The van der Waals surface area contributed by atoms with Gasteiger partial charge in [0.1, 0.15) is 12.0 Å². The molecule has 0 spiro atoms. The van der Waals surface area contributed by atoms with E-state index in [-0.39, 0.29) is 29.8 Å². The molecule has 0 radical (unpaired) electrons. The van der Waals surface area contributed by atoms with Gasteiger partial charge in [0.25, 0.3) is 0 Å². The number of sulfonamides is 1. The highest BCUT2D eigenvalue weighted by Crippen LogP contribution is 2.43. The number of carbonyl (C=O) groups excluding carboxylic acids is 1. The molecule has 1 aromatic rings. The Morgan fingerprint density at radius 2 is 1.70 bits per heavy atom. The lowest BCUT2D eigenvalue weighted by Gasteiger charge is -2.35. The van der Waals surface area contributed by atoms with Crippen molar-refractivity contribution >= 4 is 15.8 Å². The summed E-state index contributed by atoms with van der Waals surface area (Å²) in [7, 11) is -3.71. The van der Waals surface area contributed by atoms with E-state index in [9.17, 15) is 13.2 Å². The van der Waals surface area contributed by atoms with Gasteiger partial charge in [0.2, 0.25) is 10.0 Å². The van der Waals surface area contributed by atoms with Crippen molar-refractivity contribution in [2.75, 3.05) is 0 Å². The summed E-state index contributed by atoms with van der Waals surface area (Å²) in [6.45, 7) is 3.90. The van der Waals surface area contributed by atoms with E-state index in [4.69, 9.17) is 4.74 Å². The van der Waals surface area contributed by atoms with Gasteiger partial charge in [-0.15, -0.1) is 0 Å². The van der Waals surface area contributed by atoms with Crippen molar-refractivity contribution in [2.45, 2.75) is 82.1 Å². The number of Topliss-reactive ketones (excluding diaryl/α,β-unsaturated/α-hetero) is 1. The summed E-state index contributed by atoms with van der Waals surface area (Å²) in [5.41, 5.74) is 1.02. The lowest BCUT2D eigenvalue weighted by Crippen LogP contribution is -2.49. The zero-order valence-electron chi connectivity index (χ0n) is 16.1. The maximum atomic E-state index is 13.6. The molecule has 1 heterocycles. The summed E-state index contributed by atoms with van der Waals surface area (Å²) < 4.78 is 35.0. The smallest absolute Gasteiger partial charge is 0.245 e. The van der Waals surface area contributed by atoms with Crippen LogP contribution < -0.4 is 0 Å². The Labute approximate surface area is 162 Å². The highest BCUT2D eigenvalue weighted by atomic mass is 32.2. The number of fused-ring (bicyclic) bond motifs is 1. The molecule has 4 rings (SSSR count). The van der Waals surface area contributed by atoms with Crippen LogP contribution in [0.25, 0.3) is 0 Å². The molecule has 27 heavy (non-hydrogen) atoms. The first kappa shape index (κ1) is 19.1. The maximum absolute atomic E-state index is 13.6. The van der Waals surface area contributed by atoms with E-state index in [1.807, 2.05) is 26.0 Å². The standard InChI is InChI=1S/C21H29NO4S/c1-14-10-12-16(13-11-14)27(24,25)22-18-8-3-4-9-19(18)26-21(22)17-7-5-6-15(2)20(17)23/h10-13,15,17-19,21H,3-9H2,1-2H3/t15?,17?,18-,19-,21-/m0/s1. The minimum Gasteiger partial charge on any atom is -0.356 e. The van der Waals surface area contributed by atoms with Crippen molar-refractivity contribution < 1.29 is 17.9 Å². The van der Waals surface area contributed by atoms with Gasteiger partial charge in [0.05, 0.1) is 23.0 Å². The molecule has 2 unspecified atom stereocenters. The van der Waals surface area contributed by atoms with Crippen molar-refractivity contribution in [1.82, 2.24) is 4.31 Å². The van der Waals surface area contributed by atoms with Crippen molar-refractivity contribution in [1.29, 1.82) is 0 Å². The zero-order chi connectivity index (χ0) is 19.2. The summed E-state index contributed by atoms with van der Waals surface area (Å²) in [4.78, 5) is 13.2. The first-order chi connectivity index (χ1) is 12.9. The average molecular weight is 392 g/mol. The Kier molecular flexibility index (Phi) is 5.16. The monoisotopic (exact) mass is 391 g/mol. The van der Waals surface area contributed by atoms with Crippen LogP contribution >= 0.6 is 0 Å². The number of benzene rings is 1. The van der Waals surface area contributed by atoms with Crippen molar-refractivity contribution in [3.8, 4) is 0 Å². The van der Waals surface area contributed by atoms with Crippen molar-refractivity contribution in [2.24, 2.45) is 11.8 Å². The number of hydrogen-bond donors (Lipinski definition) is 0. The van der Waals surface area contributed by atoms with Crippen LogP contribution in [-0.2, 0) is 19.6 Å². The van der Waals surface area contributed by atoms with E-state index in [0.717, 1.165) is 44.1 Å². The molecule has 0 aromatic heterocycles. The van der Waals surface area contributed by atoms with Gasteiger partial charge in [-0.1, -0.05) is 43.9 Å². The molecular weight excluding hydrogens is 362 g/mol. The molecule has 6 heteroatoms. The molecule has 0 N–H and O–H groups in total. The fraction of sp³-hybridized carbons (Fsp3) is 0.667. The van der Waals surface area contributed by atoms with Crippen LogP contribution in [0.3, 0.4) is 0 Å². The molecule has 148 valence electrons. The summed E-state index contributed by atoms with van der Waals surface area (Å²) in [6.07, 6.45) is 5.56. The molecule has 2 saturated carbocycles. The lowest BCUT2D eigenvalue weighted by molar-refractivity contribution is -0.137. The third-order valence-corrected chi connectivity index (χ3v) is 8.41. The molecule has 0 bridgehead atoms. The highest BCUT2D eigenvalue weighted by molar-refractivity contribution is 7.89. The number of carbonyl (C=O) groups is 1. The molecule has 1 saturated heterocycles. The Morgan fingerprint density at radius 1 is 1.00 bits per heavy atom. The van der Waals surface area contributed by atoms with Gasteiger partial charge < -0.3 is 4.74 Å². The number of hydrogen-bond acceptors (Lipinski definition) is 4. The van der Waals surface area contributed by atoms with Gasteiger partial charge in [0.15, 0.2) is 0 Å². The molecule has 1 aromatic carbocycles. The fourth-order valence-electron chi connectivity index (χ4n) is 4.95. The third-order valence-electron chi connectivity index (χ3n) is 6.50. The second-order valence-electron chi connectivity index (χ2n) is 8.41. The summed E-state index contributed by atoms with van der Waals surface area (Å²) in [6, 6.07) is 6.84. The molecule has 1 aliphatic heterocycles. The van der Waals surface area contributed by atoms with E-state index in [1.165, 1.54) is 0 Å². The van der Waals surface area contributed by atoms with Crippen LogP contribution in [0.5, 0.6) is 0 Å². The number of ether oxygens (including phenoxy) is 1. The van der Waals surface area contributed by atoms with E-state index >= 15 is 0 Å². The van der Waals surface area contributed by atoms with Gasteiger partial charge in [-0.3, -0.25) is 4.79 Å². The number of rotatable bonds is 3. The molecule has 0 amide bonds. The number of aryl methyl sites for hydroxylation is 1. The van der Waals surface area contributed by atoms with Gasteiger partial charge >= 0.3 is 0 Å². The predicted molar refractivity (Wildman–Crippen MR) is 103 cm³/mol. The minimum absolute atomic E-state index is 0.0149. The number of ketones is 1. The number of nitrogens with zero attached hydrogens (tertiary/aromatic N) is 1. The van der Waals surface area contributed by atoms with Crippen LogP contribution in [0.1, 0.15) is 57.4 Å². The van der Waals surface area contributed by atoms with Crippen LogP contribution in [-0.4, -0.2) is 36.9 Å². The fourth-order valence-corrected chi connectivity index (χ4v) is 6.74. The normalized spacial score (nSPS) is 35.2. The lowest BCUT2D eigenvalue weighted by atomic mass is 9.80.